The molecule has 0 N–H and O–H groups in total. The molecule has 1 aromatic carbocycles. The highest BCUT2D eigenvalue weighted by Gasteiger charge is 2.05. The largest absolute Gasteiger partial charge is 0.493 e. The zero-order valence-corrected chi connectivity index (χ0v) is 12.2. The van der Waals surface area contributed by atoms with Crippen LogP contribution in [0.25, 0.3) is 6.08 Å². The molecule has 1 rings (SSSR count). The van der Waals surface area contributed by atoms with E-state index in [0.717, 1.165) is 12.0 Å². The number of hydrogen-bond acceptors (Lipinski definition) is 3. The van der Waals surface area contributed by atoms with E-state index in [9.17, 15) is 4.79 Å². The molecular formula is C15H19ClO3. The first-order valence-corrected chi connectivity index (χ1v) is 6.59. The Kier molecular flexibility index (Phi) is 6.43. The van der Waals surface area contributed by atoms with Crippen LogP contribution in [0.3, 0.4) is 0 Å². The zero-order valence-electron chi connectivity index (χ0n) is 11.5. The van der Waals surface area contributed by atoms with Crippen LogP contribution in [0.5, 0.6) is 11.5 Å². The minimum absolute atomic E-state index is 0.503. The summed E-state index contributed by atoms with van der Waals surface area (Å²) in [5, 5.41) is -0.503. The van der Waals surface area contributed by atoms with E-state index >= 15 is 0 Å². The summed E-state index contributed by atoms with van der Waals surface area (Å²) in [6.07, 6.45) is 3.93. The Bertz CT molecular complexity index is 453. The van der Waals surface area contributed by atoms with Gasteiger partial charge in [-0.25, -0.2) is 0 Å². The van der Waals surface area contributed by atoms with E-state index in [0.29, 0.717) is 24.0 Å². The summed E-state index contributed by atoms with van der Waals surface area (Å²) in [7, 11) is 1.59. The highest BCUT2D eigenvalue weighted by atomic mass is 35.5. The fourth-order valence-electron chi connectivity index (χ4n) is 1.47. The van der Waals surface area contributed by atoms with Gasteiger partial charge in [-0.05, 0) is 47.7 Å². The topological polar surface area (TPSA) is 35.5 Å². The van der Waals surface area contributed by atoms with Gasteiger partial charge in [-0.2, -0.15) is 0 Å². The second-order valence-electron chi connectivity index (χ2n) is 4.58. The third kappa shape index (κ3) is 5.79. The standard InChI is InChI=1S/C15H19ClO3/c1-11(2)8-9-19-13-6-4-12(5-7-15(16)17)10-14(13)18-3/h4-7,10-11H,8-9H2,1-3H3/b7-5+. The minimum atomic E-state index is -0.503. The molecule has 4 heteroatoms. The van der Waals surface area contributed by atoms with E-state index in [-0.39, 0.29) is 0 Å². The number of carbonyl (C=O) groups is 1. The van der Waals surface area contributed by atoms with Gasteiger partial charge in [-0.1, -0.05) is 26.0 Å². The smallest absolute Gasteiger partial charge is 0.245 e. The molecule has 0 bridgehead atoms. The van der Waals surface area contributed by atoms with Crippen molar-refractivity contribution in [1.82, 2.24) is 0 Å². The third-order valence-corrected chi connectivity index (χ3v) is 2.67. The van der Waals surface area contributed by atoms with Crippen LogP contribution < -0.4 is 9.47 Å². The monoisotopic (exact) mass is 282 g/mol. The summed E-state index contributed by atoms with van der Waals surface area (Å²) in [6.45, 7) is 4.96. The summed E-state index contributed by atoms with van der Waals surface area (Å²) < 4.78 is 11.0. The predicted molar refractivity (Wildman–Crippen MR) is 77.8 cm³/mol. The molecule has 104 valence electrons. The molecule has 1 aromatic rings. The number of benzene rings is 1. The number of carbonyl (C=O) groups excluding carboxylic acids is 1. The van der Waals surface area contributed by atoms with Crippen LogP contribution in [-0.4, -0.2) is 19.0 Å². The maximum atomic E-state index is 10.7. The molecule has 0 fully saturated rings. The van der Waals surface area contributed by atoms with Crippen molar-refractivity contribution in [2.24, 2.45) is 5.92 Å². The normalized spacial score (nSPS) is 11.0. The van der Waals surface area contributed by atoms with Crippen LogP contribution >= 0.6 is 11.6 Å². The molecule has 0 atom stereocenters. The molecule has 0 heterocycles. The van der Waals surface area contributed by atoms with Crippen LogP contribution in [0.15, 0.2) is 24.3 Å². The average molecular weight is 283 g/mol. The first-order valence-electron chi connectivity index (χ1n) is 6.21. The summed E-state index contributed by atoms with van der Waals surface area (Å²) in [5.74, 6) is 1.95. The first-order chi connectivity index (χ1) is 9.02. The van der Waals surface area contributed by atoms with Crippen LogP contribution in [-0.2, 0) is 4.79 Å². The van der Waals surface area contributed by atoms with E-state index in [1.807, 2.05) is 12.1 Å². The number of methoxy groups -OCH3 is 1. The fourth-order valence-corrected chi connectivity index (χ4v) is 1.54. The van der Waals surface area contributed by atoms with Gasteiger partial charge in [0.25, 0.3) is 0 Å². The van der Waals surface area contributed by atoms with E-state index < -0.39 is 5.24 Å². The molecule has 0 amide bonds. The third-order valence-electron chi connectivity index (χ3n) is 2.55. The number of ether oxygens (including phenoxy) is 2. The number of rotatable bonds is 7. The maximum absolute atomic E-state index is 10.7. The van der Waals surface area contributed by atoms with Gasteiger partial charge in [0.15, 0.2) is 11.5 Å². The van der Waals surface area contributed by atoms with Gasteiger partial charge in [0.1, 0.15) is 0 Å². The lowest BCUT2D eigenvalue weighted by Crippen LogP contribution is -2.02. The zero-order chi connectivity index (χ0) is 14.3. The average Bonchev–Trinajstić information content (AvgIpc) is 2.36. The van der Waals surface area contributed by atoms with E-state index in [4.69, 9.17) is 21.1 Å². The van der Waals surface area contributed by atoms with Crippen LogP contribution in [0.4, 0.5) is 0 Å². The SMILES string of the molecule is COc1cc(/C=C/C(=O)Cl)ccc1OCCC(C)C. The summed E-state index contributed by atoms with van der Waals surface area (Å²) in [4.78, 5) is 10.7. The first kappa shape index (κ1) is 15.6. The molecule has 0 aliphatic rings. The highest BCUT2D eigenvalue weighted by Crippen LogP contribution is 2.28. The van der Waals surface area contributed by atoms with Crippen LogP contribution in [0, 0.1) is 5.92 Å². The molecule has 0 aliphatic carbocycles. The molecule has 0 aromatic heterocycles. The van der Waals surface area contributed by atoms with Gasteiger partial charge in [-0.15, -0.1) is 0 Å². The molecule has 19 heavy (non-hydrogen) atoms. The van der Waals surface area contributed by atoms with Gasteiger partial charge < -0.3 is 9.47 Å². The van der Waals surface area contributed by atoms with Gasteiger partial charge in [0.2, 0.25) is 5.24 Å². The van der Waals surface area contributed by atoms with Crippen molar-refractivity contribution >= 4 is 22.9 Å². The van der Waals surface area contributed by atoms with Crippen LogP contribution in [0.1, 0.15) is 25.8 Å². The van der Waals surface area contributed by atoms with Crippen molar-refractivity contribution < 1.29 is 14.3 Å². The van der Waals surface area contributed by atoms with Crippen molar-refractivity contribution in [1.29, 1.82) is 0 Å². The van der Waals surface area contributed by atoms with Crippen molar-refractivity contribution in [2.45, 2.75) is 20.3 Å². The molecule has 0 radical (unpaired) electrons. The quantitative estimate of drug-likeness (QED) is 0.562. The number of allylic oxidation sites excluding steroid dienone is 1. The van der Waals surface area contributed by atoms with Gasteiger partial charge >= 0.3 is 0 Å². The van der Waals surface area contributed by atoms with E-state index in [2.05, 4.69) is 13.8 Å². The molecule has 0 spiro atoms. The second-order valence-corrected chi connectivity index (χ2v) is 4.95. The van der Waals surface area contributed by atoms with Gasteiger partial charge in [0, 0.05) is 0 Å². The summed E-state index contributed by atoms with van der Waals surface area (Å²) >= 11 is 5.25. The predicted octanol–water partition coefficient (Wildman–Crippen LogP) is 3.90. The van der Waals surface area contributed by atoms with Crippen molar-refractivity contribution in [3.8, 4) is 11.5 Å². The van der Waals surface area contributed by atoms with E-state index in [1.54, 1.807) is 19.3 Å². The number of halogens is 1. The lowest BCUT2D eigenvalue weighted by Gasteiger charge is -2.12. The van der Waals surface area contributed by atoms with E-state index in [1.165, 1.54) is 6.08 Å². The van der Waals surface area contributed by atoms with Crippen molar-refractivity contribution in [3.63, 3.8) is 0 Å². The van der Waals surface area contributed by atoms with Gasteiger partial charge in [-0.3, -0.25) is 4.79 Å². The fraction of sp³-hybridized carbons (Fsp3) is 0.400. The van der Waals surface area contributed by atoms with Crippen molar-refractivity contribution in [2.75, 3.05) is 13.7 Å². The lowest BCUT2D eigenvalue weighted by atomic mass is 10.1. The van der Waals surface area contributed by atoms with Crippen LogP contribution in [0.2, 0.25) is 0 Å². The molecule has 0 aliphatic heterocycles. The molecule has 0 unspecified atom stereocenters. The van der Waals surface area contributed by atoms with Gasteiger partial charge in [0.05, 0.1) is 13.7 Å². The molecule has 3 nitrogen and oxygen atoms in total. The number of hydrogen-bond donors (Lipinski definition) is 0. The van der Waals surface area contributed by atoms with Crippen molar-refractivity contribution in [3.05, 3.63) is 29.8 Å². The second kappa shape index (κ2) is 7.85. The Morgan fingerprint density at radius 1 is 1.37 bits per heavy atom. The Hall–Kier alpha value is -1.48. The lowest BCUT2D eigenvalue weighted by molar-refractivity contribution is -0.107. The molecular weight excluding hydrogens is 264 g/mol. The Morgan fingerprint density at radius 3 is 2.68 bits per heavy atom. The summed E-state index contributed by atoms with van der Waals surface area (Å²) in [6, 6.07) is 5.49. The maximum Gasteiger partial charge on any atom is 0.245 e. The Balaban J connectivity index is 2.75. The minimum Gasteiger partial charge on any atom is -0.493 e. The molecule has 0 saturated heterocycles. The molecule has 0 saturated carbocycles. The summed E-state index contributed by atoms with van der Waals surface area (Å²) in [5.41, 5.74) is 0.835. The Morgan fingerprint density at radius 2 is 2.11 bits per heavy atom. The Labute approximate surface area is 119 Å². The highest BCUT2D eigenvalue weighted by molar-refractivity contribution is 6.66.